The average Bonchev–Trinajstić information content (AvgIpc) is 2.77. The fourth-order valence-electron chi connectivity index (χ4n) is 1.37. The molecule has 0 aliphatic rings. The molecule has 17 heavy (non-hydrogen) atoms. The number of carbonyl (C=O) groups is 1. The number of aromatic nitrogens is 2. The van der Waals surface area contributed by atoms with Gasteiger partial charge < -0.3 is 4.74 Å². The van der Waals surface area contributed by atoms with E-state index in [4.69, 9.17) is 0 Å². The molecule has 0 aliphatic carbocycles. The SMILES string of the molecule is O=Cc1cnn(-c2ccccc2OC(F)F)c1. The zero-order valence-corrected chi connectivity index (χ0v) is 8.59. The van der Waals surface area contributed by atoms with E-state index >= 15 is 0 Å². The van der Waals surface area contributed by atoms with Crippen LogP contribution in [0.2, 0.25) is 0 Å². The van der Waals surface area contributed by atoms with E-state index in [1.54, 1.807) is 18.2 Å². The van der Waals surface area contributed by atoms with Crippen molar-refractivity contribution in [2.24, 2.45) is 0 Å². The highest BCUT2D eigenvalue weighted by molar-refractivity contribution is 5.73. The smallest absolute Gasteiger partial charge is 0.387 e. The standard InChI is InChI=1S/C11H8F2N2O2/c12-11(13)17-10-4-2-1-3-9(10)15-6-8(7-16)5-14-15/h1-7,11H. The molecule has 0 saturated heterocycles. The number of aldehydes is 1. The van der Waals surface area contributed by atoms with Crippen LogP contribution in [0.3, 0.4) is 0 Å². The molecule has 2 aromatic rings. The van der Waals surface area contributed by atoms with Crippen molar-refractivity contribution in [3.63, 3.8) is 0 Å². The lowest BCUT2D eigenvalue weighted by Crippen LogP contribution is -2.06. The Morgan fingerprint density at radius 2 is 2.12 bits per heavy atom. The number of para-hydroxylation sites is 2. The molecule has 0 N–H and O–H groups in total. The predicted molar refractivity (Wildman–Crippen MR) is 55.6 cm³/mol. The lowest BCUT2D eigenvalue weighted by molar-refractivity contribution is -0.0499. The van der Waals surface area contributed by atoms with Crippen LogP contribution in [0.5, 0.6) is 5.75 Å². The molecule has 0 radical (unpaired) electrons. The largest absolute Gasteiger partial charge is 0.433 e. The van der Waals surface area contributed by atoms with Crippen molar-refractivity contribution in [3.05, 3.63) is 42.2 Å². The van der Waals surface area contributed by atoms with E-state index < -0.39 is 6.61 Å². The summed E-state index contributed by atoms with van der Waals surface area (Å²) in [6.45, 7) is -2.91. The molecule has 88 valence electrons. The molecule has 0 spiro atoms. The summed E-state index contributed by atoms with van der Waals surface area (Å²) in [4.78, 5) is 10.5. The molecule has 4 nitrogen and oxygen atoms in total. The first-order chi connectivity index (χ1) is 8.20. The average molecular weight is 238 g/mol. The Morgan fingerprint density at radius 3 is 2.76 bits per heavy atom. The number of hydrogen-bond acceptors (Lipinski definition) is 3. The highest BCUT2D eigenvalue weighted by Crippen LogP contribution is 2.23. The maximum Gasteiger partial charge on any atom is 0.387 e. The van der Waals surface area contributed by atoms with E-state index in [2.05, 4.69) is 9.84 Å². The molecule has 1 heterocycles. The summed E-state index contributed by atoms with van der Waals surface area (Å²) in [6.07, 6.45) is 3.40. The predicted octanol–water partition coefficient (Wildman–Crippen LogP) is 2.29. The van der Waals surface area contributed by atoms with Gasteiger partial charge in [0.1, 0.15) is 5.69 Å². The van der Waals surface area contributed by atoms with Crippen molar-refractivity contribution in [2.75, 3.05) is 0 Å². The third kappa shape index (κ3) is 2.47. The zero-order valence-electron chi connectivity index (χ0n) is 8.59. The molecule has 0 atom stereocenters. The second-order valence-corrected chi connectivity index (χ2v) is 3.18. The van der Waals surface area contributed by atoms with E-state index in [-0.39, 0.29) is 5.75 Å². The summed E-state index contributed by atoms with van der Waals surface area (Å²) in [7, 11) is 0. The Morgan fingerprint density at radius 1 is 1.35 bits per heavy atom. The normalized spacial score (nSPS) is 10.5. The van der Waals surface area contributed by atoms with E-state index in [0.29, 0.717) is 17.5 Å². The second kappa shape index (κ2) is 4.73. The van der Waals surface area contributed by atoms with Gasteiger partial charge in [-0.05, 0) is 12.1 Å². The van der Waals surface area contributed by atoms with Crippen molar-refractivity contribution >= 4 is 6.29 Å². The maximum atomic E-state index is 12.2. The van der Waals surface area contributed by atoms with E-state index in [1.165, 1.54) is 23.1 Å². The van der Waals surface area contributed by atoms with Gasteiger partial charge in [0.25, 0.3) is 0 Å². The number of rotatable bonds is 4. The van der Waals surface area contributed by atoms with Gasteiger partial charge in [0.2, 0.25) is 0 Å². The molecule has 0 aliphatic heterocycles. The topological polar surface area (TPSA) is 44.1 Å². The highest BCUT2D eigenvalue weighted by Gasteiger charge is 2.11. The van der Waals surface area contributed by atoms with Crippen molar-refractivity contribution in [1.29, 1.82) is 0 Å². The Bertz CT molecular complexity index is 526. The Labute approximate surface area is 95.4 Å². The number of nitrogens with zero attached hydrogens (tertiary/aromatic N) is 2. The lowest BCUT2D eigenvalue weighted by Gasteiger charge is -2.09. The molecule has 1 aromatic carbocycles. The van der Waals surface area contributed by atoms with Gasteiger partial charge in [0, 0.05) is 6.20 Å². The Kier molecular flexibility index (Phi) is 3.13. The molecule has 0 fully saturated rings. The van der Waals surface area contributed by atoms with Crippen molar-refractivity contribution in [1.82, 2.24) is 9.78 Å². The van der Waals surface area contributed by atoms with Crippen LogP contribution < -0.4 is 4.74 Å². The van der Waals surface area contributed by atoms with Crippen LogP contribution in [0.15, 0.2) is 36.7 Å². The number of hydrogen-bond donors (Lipinski definition) is 0. The number of alkyl halides is 2. The lowest BCUT2D eigenvalue weighted by atomic mass is 10.3. The minimum Gasteiger partial charge on any atom is -0.433 e. The summed E-state index contributed by atoms with van der Waals surface area (Å²) in [5.74, 6) is 0.00282. The molecule has 0 amide bonds. The van der Waals surface area contributed by atoms with Crippen LogP contribution in [0, 0.1) is 0 Å². The summed E-state index contributed by atoms with van der Waals surface area (Å²) >= 11 is 0. The minimum absolute atomic E-state index is 0.00282. The highest BCUT2D eigenvalue weighted by atomic mass is 19.3. The van der Waals surface area contributed by atoms with Crippen LogP contribution in [0.25, 0.3) is 5.69 Å². The first-order valence-corrected chi connectivity index (χ1v) is 4.75. The van der Waals surface area contributed by atoms with E-state index in [1.807, 2.05) is 0 Å². The van der Waals surface area contributed by atoms with Gasteiger partial charge in [-0.15, -0.1) is 0 Å². The second-order valence-electron chi connectivity index (χ2n) is 3.18. The zero-order chi connectivity index (χ0) is 12.3. The molecule has 6 heteroatoms. The van der Waals surface area contributed by atoms with Gasteiger partial charge in [-0.25, -0.2) is 4.68 Å². The van der Waals surface area contributed by atoms with Crippen molar-refractivity contribution in [2.45, 2.75) is 6.61 Å². The fourth-order valence-corrected chi connectivity index (χ4v) is 1.37. The Hall–Kier alpha value is -2.24. The first-order valence-electron chi connectivity index (χ1n) is 4.75. The summed E-state index contributed by atoms with van der Waals surface area (Å²) in [6, 6.07) is 6.21. The molecule has 0 saturated carbocycles. The van der Waals surface area contributed by atoms with Crippen LogP contribution in [0.1, 0.15) is 10.4 Å². The molecule has 0 bridgehead atoms. The van der Waals surface area contributed by atoms with Gasteiger partial charge in [-0.1, -0.05) is 12.1 Å². The molecular formula is C11H8F2N2O2. The Balaban J connectivity index is 2.40. The van der Waals surface area contributed by atoms with Gasteiger partial charge in [0.05, 0.1) is 11.8 Å². The summed E-state index contributed by atoms with van der Waals surface area (Å²) < 4.78 is 30.0. The van der Waals surface area contributed by atoms with E-state index in [9.17, 15) is 13.6 Å². The summed E-state index contributed by atoms with van der Waals surface area (Å²) in [5, 5.41) is 3.89. The van der Waals surface area contributed by atoms with Crippen LogP contribution in [-0.2, 0) is 0 Å². The van der Waals surface area contributed by atoms with Crippen LogP contribution >= 0.6 is 0 Å². The van der Waals surface area contributed by atoms with Crippen LogP contribution in [-0.4, -0.2) is 22.7 Å². The van der Waals surface area contributed by atoms with Gasteiger partial charge in [-0.2, -0.15) is 13.9 Å². The van der Waals surface area contributed by atoms with Gasteiger partial charge in [0.15, 0.2) is 12.0 Å². The number of ether oxygens (including phenoxy) is 1. The number of halogens is 2. The van der Waals surface area contributed by atoms with Crippen molar-refractivity contribution < 1.29 is 18.3 Å². The fraction of sp³-hybridized carbons (Fsp3) is 0.0909. The summed E-state index contributed by atoms with van der Waals surface area (Å²) in [5.41, 5.74) is 0.706. The quantitative estimate of drug-likeness (QED) is 0.767. The number of benzene rings is 1. The first kappa shape index (κ1) is 11.3. The number of carbonyl (C=O) groups excluding carboxylic acids is 1. The molecular weight excluding hydrogens is 230 g/mol. The third-order valence-electron chi connectivity index (χ3n) is 2.07. The minimum atomic E-state index is -2.91. The van der Waals surface area contributed by atoms with Crippen molar-refractivity contribution in [3.8, 4) is 11.4 Å². The van der Waals surface area contributed by atoms with E-state index in [0.717, 1.165) is 0 Å². The third-order valence-corrected chi connectivity index (χ3v) is 2.07. The monoisotopic (exact) mass is 238 g/mol. The van der Waals surface area contributed by atoms with Crippen LogP contribution in [0.4, 0.5) is 8.78 Å². The van der Waals surface area contributed by atoms with Gasteiger partial charge in [-0.3, -0.25) is 4.79 Å². The van der Waals surface area contributed by atoms with Gasteiger partial charge >= 0.3 is 6.61 Å². The maximum absolute atomic E-state index is 12.2. The molecule has 1 aromatic heterocycles. The molecule has 0 unspecified atom stereocenters. The molecule has 2 rings (SSSR count).